The number of aromatic carboxylic acids is 1. The molecule has 106 valence electrons. The average molecular weight is 281 g/mol. The third-order valence-corrected chi connectivity index (χ3v) is 3.68. The predicted molar refractivity (Wildman–Crippen MR) is 81.9 cm³/mol. The summed E-state index contributed by atoms with van der Waals surface area (Å²) in [4.78, 5) is 11.2. The number of fused-ring (bicyclic) bond motifs is 1. The lowest BCUT2D eigenvalue weighted by molar-refractivity contribution is 0.0687. The van der Waals surface area contributed by atoms with Crippen molar-refractivity contribution in [2.24, 2.45) is 7.05 Å². The van der Waals surface area contributed by atoms with Gasteiger partial charge < -0.3 is 14.4 Å². The quantitative estimate of drug-likeness (QED) is 0.798. The zero-order valence-corrected chi connectivity index (χ0v) is 11.8. The Balaban J connectivity index is 2.09. The molecule has 4 nitrogen and oxygen atoms in total. The number of nitrogens with zero attached hydrogens (tertiary/aromatic N) is 1. The summed E-state index contributed by atoms with van der Waals surface area (Å²) in [5.74, 6) is -0.104. The van der Waals surface area contributed by atoms with Gasteiger partial charge in [-0.05, 0) is 41.5 Å². The minimum absolute atomic E-state index is 0.289. The third kappa shape index (κ3) is 2.25. The lowest BCUT2D eigenvalue weighted by Crippen LogP contribution is -2.03. The minimum atomic E-state index is -0.917. The van der Waals surface area contributed by atoms with Crippen LogP contribution in [0.25, 0.3) is 22.0 Å². The maximum absolute atomic E-state index is 11.2. The van der Waals surface area contributed by atoms with Crippen LogP contribution in [0.3, 0.4) is 0 Å². The van der Waals surface area contributed by atoms with Crippen molar-refractivity contribution >= 4 is 16.9 Å². The summed E-state index contributed by atoms with van der Waals surface area (Å²) in [6.45, 7) is 0. The van der Waals surface area contributed by atoms with E-state index in [-0.39, 0.29) is 5.69 Å². The van der Waals surface area contributed by atoms with Crippen molar-refractivity contribution in [2.45, 2.75) is 0 Å². The molecule has 0 atom stereocenters. The Morgan fingerprint density at radius 3 is 2.33 bits per heavy atom. The molecule has 0 aliphatic heterocycles. The molecule has 0 bridgehead atoms. The number of carboxylic acid groups (broad SMARTS) is 1. The Kier molecular flexibility index (Phi) is 3.14. The Morgan fingerprint density at radius 1 is 1.05 bits per heavy atom. The van der Waals surface area contributed by atoms with Crippen LogP contribution >= 0.6 is 0 Å². The molecule has 2 aromatic carbocycles. The number of rotatable bonds is 3. The Labute approximate surface area is 122 Å². The van der Waals surface area contributed by atoms with E-state index in [9.17, 15) is 9.90 Å². The minimum Gasteiger partial charge on any atom is -0.497 e. The topological polar surface area (TPSA) is 51.5 Å². The van der Waals surface area contributed by atoms with Gasteiger partial charge in [-0.1, -0.05) is 18.2 Å². The van der Waals surface area contributed by atoms with E-state index >= 15 is 0 Å². The van der Waals surface area contributed by atoms with Crippen LogP contribution in [0.5, 0.6) is 5.75 Å². The normalized spacial score (nSPS) is 10.8. The molecule has 0 spiro atoms. The van der Waals surface area contributed by atoms with E-state index < -0.39 is 5.97 Å². The number of ether oxygens (including phenoxy) is 1. The SMILES string of the molecule is COc1ccc(-c2ccc3c(c2)cc(C(=O)O)n3C)cc1. The van der Waals surface area contributed by atoms with E-state index in [4.69, 9.17) is 4.74 Å². The number of hydrogen-bond acceptors (Lipinski definition) is 2. The zero-order chi connectivity index (χ0) is 15.0. The van der Waals surface area contributed by atoms with Crippen molar-refractivity contribution in [3.63, 3.8) is 0 Å². The van der Waals surface area contributed by atoms with Crippen LogP contribution in [-0.4, -0.2) is 22.8 Å². The van der Waals surface area contributed by atoms with Crippen molar-refractivity contribution in [1.29, 1.82) is 0 Å². The first kappa shape index (κ1) is 13.2. The average Bonchev–Trinajstić information content (AvgIpc) is 2.84. The van der Waals surface area contributed by atoms with Gasteiger partial charge in [0.05, 0.1) is 7.11 Å². The number of aryl methyl sites for hydroxylation is 1. The third-order valence-electron chi connectivity index (χ3n) is 3.68. The molecule has 1 heterocycles. The van der Waals surface area contributed by atoms with E-state index in [1.165, 1.54) is 0 Å². The maximum atomic E-state index is 11.2. The smallest absolute Gasteiger partial charge is 0.352 e. The molecule has 0 saturated carbocycles. The number of carboxylic acids is 1. The molecule has 1 N–H and O–H groups in total. The van der Waals surface area contributed by atoms with Gasteiger partial charge >= 0.3 is 5.97 Å². The molecule has 3 rings (SSSR count). The lowest BCUT2D eigenvalue weighted by atomic mass is 10.0. The molecule has 0 aliphatic rings. The standard InChI is InChI=1S/C17H15NO3/c1-18-15-8-5-12(9-13(15)10-16(18)17(19)20)11-3-6-14(21-2)7-4-11/h3-10H,1-2H3,(H,19,20). The van der Waals surface area contributed by atoms with E-state index in [2.05, 4.69) is 0 Å². The summed E-state index contributed by atoms with van der Waals surface area (Å²) in [6.07, 6.45) is 0. The first-order chi connectivity index (χ1) is 10.1. The van der Waals surface area contributed by atoms with Crippen LogP contribution in [0.4, 0.5) is 0 Å². The van der Waals surface area contributed by atoms with Crippen LogP contribution in [0.1, 0.15) is 10.5 Å². The zero-order valence-electron chi connectivity index (χ0n) is 11.8. The molecule has 4 heteroatoms. The van der Waals surface area contributed by atoms with Gasteiger partial charge in [-0.15, -0.1) is 0 Å². The Hall–Kier alpha value is -2.75. The fourth-order valence-corrected chi connectivity index (χ4v) is 2.52. The van der Waals surface area contributed by atoms with Gasteiger partial charge in [0.2, 0.25) is 0 Å². The van der Waals surface area contributed by atoms with Crippen LogP contribution in [0, 0.1) is 0 Å². The second-order valence-corrected chi connectivity index (χ2v) is 4.90. The molecular formula is C17H15NO3. The molecule has 0 saturated heterocycles. The highest BCUT2D eigenvalue weighted by Gasteiger charge is 2.12. The summed E-state index contributed by atoms with van der Waals surface area (Å²) in [7, 11) is 3.40. The van der Waals surface area contributed by atoms with Crippen LogP contribution in [0.2, 0.25) is 0 Å². The Bertz CT molecular complexity index is 816. The van der Waals surface area contributed by atoms with Gasteiger partial charge in [0, 0.05) is 18.0 Å². The Morgan fingerprint density at radius 2 is 1.71 bits per heavy atom. The van der Waals surface area contributed by atoms with E-state index in [1.807, 2.05) is 42.5 Å². The summed E-state index contributed by atoms with van der Waals surface area (Å²) < 4.78 is 6.84. The van der Waals surface area contributed by atoms with Crippen LogP contribution in [-0.2, 0) is 7.05 Å². The van der Waals surface area contributed by atoms with Crippen molar-refractivity contribution in [2.75, 3.05) is 7.11 Å². The second-order valence-electron chi connectivity index (χ2n) is 4.90. The molecule has 1 aromatic heterocycles. The predicted octanol–water partition coefficient (Wildman–Crippen LogP) is 3.55. The highest BCUT2D eigenvalue weighted by atomic mass is 16.5. The van der Waals surface area contributed by atoms with Gasteiger partial charge in [0.15, 0.2) is 0 Å². The molecule has 0 unspecified atom stereocenters. The van der Waals surface area contributed by atoms with Crippen LogP contribution in [0.15, 0.2) is 48.5 Å². The maximum Gasteiger partial charge on any atom is 0.352 e. The number of methoxy groups -OCH3 is 1. The summed E-state index contributed by atoms with van der Waals surface area (Å²) in [6, 6.07) is 15.4. The molecule has 0 amide bonds. The molecule has 0 radical (unpaired) electrons. The van der Waals surface area contributed by atoms with Crippen molar-refractivity contribution in [3.8, 4) is 16.9 Å². The van der Waals surface area contributed by atoms with Gasteiger partial charge in [0.25, 0.3) is 0 Å². The molecule has 0 aliphatic carbocycles. The monoisotopic (exact) mass is 281 g/mol. The molecule has 3 aromatic rings. The summed E-state index contributed by atoms with van der Waals surface area (Å²) in [5, 5.41) is 10.1. The van der Waals surface area contributed by atoms with Crippen molar-refractivity contribution < 1.29 is 14.6 Å². The van der Waals surface area contributed by atoms with Gasteiger partial charge in [0.1, 0.15) is 11.4 Å². The highest BCUT2D eigenvalue weighted by Crippen LogP contribution is 2.27. The first-order valence-electron chi connectivity index (χ1n) is 6.57. The van der Waals surface area contributed by atoms with Gasteiger partial charge in [-0.25, -0.2) is 4.79 Å². The fraction of sp³-hybridized carbons (Fsp3) is 0.118. The number of aromatic nitrogens is 1. The summed E-state index contributed by atoms with van der Waals surface area (Å²) >= 11 is 0. The van der Waals surface area contributed by atoms with Crippen molar-refractivity contribution in [3.05, 3.63) is 54.2 Å². The fourth-order valence-electron chi connectivity index (χ4n) is 2.52. The van der Waals surface area contributed by atoms with Crippen molar-refractivity contribution in [1.82, 2.24) is 4.57 Å². The van der Waals surface area contributed by atoms with Gasteiger partial charge in [-0.3, -0.25) is 0 Å². The van der Waals surface area contributed by atoms with E-state index in [0.717, 1.165) is 27.8 Å². The van der Waals surface area contributed by atoms with Gasteiger partial charge in [-0.2, -0.15) is 0 Å². The van der Waals surface area contributed by atoms with E-state index in [1.54, 1.807) is 24.8 Å². The summed E-state index contributed by atoms with van der Waals surface area (Å²) in [5.41, 5.74) is 3.31. The highest BCUT2D eigenvalue weighted by molar-refractivity contribution is 5.96. The second kappa shape index (κ2) is 4.98. The number of hydrogen-bond donors (Lipinski definition) is 1. The number of benzene rings is 2. The largest absolute Gasteiger partial charge is 0.497 e. The number of carbonyl (C=O) groups is 1. The van der Waals surface area contributed by atoms with E-state index in [0.29, 0.717) is 0 Å². The molecule has 21 heavy (non-hydrogen) atoms. The lowest BCUT2D eigenvalue weighted by Gasteiger charge is -2.05. The molecule has 0 fully saturated rings. The molecular weight excluding hydrogens is 266 g/mol. The first-order valence-corrected chi connectivity index (χ1v) is 6.57. The van der Waals surface area contributed by atoms with Crippen LogP contribution < -0.4 is 4.74 Å².